The number of rotatable bonds is 5. The predicted octanol–water partition coefficient (Wildman–Crippen LogP) is 4.51. The zero-order chi connectivity index (χ0) is 21.6. The molecule has 1 aromatic rings. The van der Waals surface area contributed by atoms with Crippen LogP contribution in [0.2, 0.25) is 0 Å². The Kier molecular flexibility index (Phi) is 8.28. The first-order valence-electron chi connectivity index (χ1n) is 11.5. The van der Waals surface area contributed by atoms with Gasteiger partial charge in [0.15, 0.2) is 0 Å². The molecule has 2 aliphatic carbocycles. The Bertz CT molecular complexity index is 684. The number of nitrogens with one attached hydrogen (secondary N) is 1. The Morgan fingerprint density at radius 2 is 1.73 bits per heavy atom. The average molecular weight is 436 g/mol. The largest absolute Gasteiger partial charge is 0.462 e. The van der Waals surface area contributed by atoms with E-state index in [0.717, 1.165) is 25.9 Å². The summed E-state index contributed by atoms with van der Waals surface area (Å²) < 4.78 is 4.55. The molecule has 0 atom stereocenters. The second-order valence-corrected chi connectivity index (χ2v) is 10.5. The molecule has 2 heterocycles. The molecule has 30 heavy (non-hydrogen) atoms. The van der Waals surface area contributed by atoms with Gasteiger partial charge < -0.3 is 15.0 Å². The van der Waals surface area contributed by atoms with Crippen LogP contribution >= 0.6 is 11.3 Å². The van der Waals surface area contributed by atoms with Gasteiger partial charge in [-0.05, 0) is 72.4 Å². The van der Waals surface area contributed by atoms with Crippen molar-refractivity contribution in [3.8, 4) is 0 Å². The molecule has 168 valence electrons. The maximum atomic E-state index is 13.1. The van der Waals surface area contributed by atoms with Crippen molar-refractivity contribution in [1.29, 1.82) is 0 Å². The van der Waals surface area contributed by atoms with Gasteiger partial charge in [-0.3, -0.25) is 9.59 Å². The lowest BCUT2D eigenvalue weighted by Gasteiger charge is -2.34. The van der Waals surface area contributed by atoms with E-state index in [1.807, 2.05) is 26.2 Å². The first-order chi connectivity index (χ1) is 14.4. The molecular weight excluding hydrogens is 398 g/mol. The monoisotopic (exact) mass is 435 g/mol. The lowest BCUT2D eigenvalue weighted by Crippen LogP contribution is -2.43. The minimum atomic E-state index is -0.318. The van der Waals surface area contributed by atoms with Crippen LogP contribution in [0.4, 0.5) is 0 Å². The highest BCUT2D eigenvalue weighted by Crippen LogP contribution is 2.36. The summed E-state index contributed by atoms with van der Waals surface area (Å²) in [7, 11) is 0. The van der Waals surface area contributed by atoms with Gasteiger partial charge in [0.25, 0.3) is 12.4 Å². The maximum Gasteiger partial charge on any atom is 0.293 e. The lowest BCUT2D eigenvalue weighted by atomic mass is 9.94. The van der Waals surface area contributed by atoms with Crippen LogP contribution in [-0.4, -0.2) is 53.0 Å². The lowest BCUT2D eigenvalue weighted by molar-refractivity contribution is -0.138. The van der Waals surface area contributed by atoms with Gasteiger partial charge in [0.05, 0.1) is 5.01 Å². The first-order valence-corrected chi connectivity index (χ1v) is 12.4. The fourth-order valence-corrected chi connectivity index (χ4v) is 5.23. The molecule has 7 heteroatoms. The normalized spacial score (nSPS) is 20.8. The molecule has 0 radical (unpaired) electrons. The number of hydrogen-bond acceptors (Lipinski definition) is 6. The molecular formula is C23H37N3O3S. The summed E-state index contributed by atoms with van der Waals surface area (Å²) in [5, 5.41) is 6.59. The molecule has 0 bridgehead atoms. The highest BCUT2D eigenvalue weighted by molar-refractivity contribution is 7.09. The van der Waals surface area contributed by atoms with Crippen LogP contribution in [-0.2, 0) is 9.53 Å². The minimum Gasteiger partial charge on any atom is -0.462 e. The van der Waals surface area contributed by atoms with Crippen molar-refractivity contribution < 1.29 is 14.3 Å². The summed E-state index contributed by atoms with van der Waals surface area (Å²) in [6, 6.07) is 0.961. The highest BCUT2D eigenvalue weighted by Gasteiger charge is 2.39. The summed E-state index contributed by atoms with van der Waals surface area (Å²) >= 11 is 1.69. The SMILES string of the molecule is CC(C)(C)OC=O.O=C(c1csc(C2CCNCC2)n1)N(C1CCCCC1)C1CC1. The molecule has 0 aromatic carbocycles. The molecule has 2 saturated carbocycles. The number of aromatic nitrogens is 1. The van der Waals surface area contributed by atoms with Gasteiger partial charge in [-0.1, -0.05) is 19.3 Å². The van der Waals surface area contributed by atoms with E-state index in [1.54, 1.807) is 11.3 Å². The summed E-state index contributed by atoms with van der Waals surface area (Å²) in [4.78, 5) is 29.6. The second kappa shape index (κ2) is 10.7. The zero-order valence-electron chi connectivity index (χ0n) is 18.7. The highest BCUT2D eigenvalue weighted by atomic mass is 32.1. The predicted molar refractivity (Wildman–Crippen MR) is 120 cm³/mol. The van der Waals surface area contributed by atoms with E-state index in [9.17, 15) is 9.59 Å². The van der Waals surface area contributed by atoms with Crippen molar-refractivity contribution in [2.45, 2.75) is 102 Å². The number of hydrogen-bond donors (Lipinski definition) is 1. The van der Waals surface area contributed by atoms with E-state index < -0.39 is 0 Å². The van der Waals surface area contributed by atoms with Crippen LogP contribution in [0, 0.1) is 0 Å². The van der Waals surface area contributed by atoms with Crippen molar-refractivity contribution in [1.82, 2.24) is 15.2 Å². The van der Waals surface area contributed by atoms with Gasteiger partial charge in [0, 0.05) is 23.4 Å². The molecule has 1 N–H and O–H groups in total. The summed E-state index contributed by atoms with van der Waals surface area (Å²) in [5.41, 5.74) is 0.392. The molecule has 1 aliphatic heterocycles. The third kappa shape index (κ3) is 6.77. The fraction of sp³-hybridized carbons (Fsp3) is 0.783. The number of thiazole rings is 1. The summed E-state index contributed by atoms with van der Waals surface area (Å²) in [6.07, 6.45) is 10.9. The van der Waals surface area contributed by atoms with Crippen LogP contribution in [0.15, 0.2) is 5.38 Å². The molecule has 3 fully saturated rings. The van der Waals surface area contributed by atoms with Gasteiger partial charge in [0.2, 0.25) is 0 Å². The van der Waals surface area contributed by atoms with Gasteiger partial charge in [-0.15, -0.1) is 11.3 Å². The van der Waals surface area contributed by atoms with Gasteiger partial charge in [-0.2, -0.15) is 0 Å². The van der Waals surface area contributed by atoms with Gasteiger partial charge >= 0.3 is 0 Å². The number of piperidine rings is 1. The van der Waals surface area contributed by atoms with Crippen molar-refractivity contribution in [2.24, 2.45) is 0 Å². The number of nitrogens with zero attached hydrogens (tertiary/aromatic N) is 2. The van der Waals surface area contributed by atoms with Crippen molar-refractivity contribution in [2.75, 3.05) is 13.1 Å². The Balaban J connectivity index is 0.000000318. The summed E-state index contributed by atoms with van der Waals surface area (Å²) in [6.45, 7) is 8.07. The Morgan fingerprint density at radius 1 is 1.10 bits per heavy atom. The molecule has 0 unspecified atom stereocenters. The molecule has 1 amide bonds. The fourth-order valence-electron chi connectivity index (χ4n) is 4.26. The molecule has 0 spiro atoms. The van der Waals surface area contributed by atoms with Gasteiger partial charge in [0.1, 0.15) is 11.3 Å². The number of ether oxygens (including phenoxy) is 1. The van der Waals surface area contributed by atoms with Crippen LogP contribution in [0.5, 0.6) is 0 Å². The Hall–Kier alpha value is -1.47. The number of carbonyl (C=O) groups is 2. The second-order valence-electron chi connectivity index (χ2n) is 9.66. The third-order valence-electron chi connectivity index (χ3n) is 5.97. The van der Waals surface area contributed by atoms with Crippen LogP contribution < -0.4 is 5.32 Å². The van der Waals surface area contributed by atoms with E-state index >= 15 is 0 Å². The number of carbonyl (C=O) groups excluding carboxylic acids is 2. The average Bonchev–Trinajstić information content (AvgIpc) is 3.43. The Labute approximate surface area is 184 Å². The molecule has 3 aliphatic rings. The van der Waals surface area contributed by atoms with Gasteiger partial charge in [-0.25, -0.2) is 4.98 Å². The molecule has 1 saturated heterocycles. The zero-order valence-corrected chi connectivity index (χ0v) is 19.5. The van der Waals surface area contributed by atoms with Crippen LogP contribution in [0.25, 0.3) is 0 Å². The van der Waals surface area contributed by atoms with E-state index in [4.69, 9.17) is 4.98 Å². The van der Waals surface area contributed by atoms with E-state index in [-0.39, 0.29) is 11.5 Å². The standard InChI is InChI=1S/C18H27N3OS.C5H10O2/c22-18(21(15-6-7-15)14-4-2-1-3-5-14)16-12-23-17(20-16)13-8-10-19-11-9-13;1-5(2,3)7-4-6/h12-15,19H,1-11H2;4H,1-3H3. The van der Waals surface area contributed by atoms with Crippen LogP contribution in [0.3, 0.4) is 0 Å². The quantitative estimate of drug-likeness (QED) is 0.689. The van der Waals surface area contributed by atoms with E-state index in [2.05, 4.69) is 15.0 Å². The molecule has 1 aromatic heterocycles. The number of amides is 1. The van der Waals surface area contributed by atoms with Crippen LogP contribution in [0.1, 0.15) is 100.0 Å². The first kappa shape index (κ1) is 23.2. The van der Waals surface area contributed by atoms with E-state index in [1.165, 1.54) is 50.0 Å². The smallest absolute Gasteiger partial charge is 0.293 e. The Morgan fingerprint density at radius 3 is 2.27 bits per heavy atom. The molecule has 6 nitrogen and oxygen atoms in total. The third-order valence-corrected chi connectivity index (χ3v) is 6.98. The molecule has 4 rings (SSSR count). The summed E-state index contributed by atoms with van der Waals surface area (Å²) in [5.74, 6) is 0.752. The van der Waals surface area contributed by atoms with Crippen molar-refractivity contribution in [3.63, 3.8) is 0 Å². The maximum absolute atomic E-state index is 13.1. The van der Waals surface area contributed by atoms with Crippen molar-refractivity contribution >= 4 is 23.7 Å². The topological polar surface area (TPSA) is 71.5 Å². The van der Waals surface area contributed by atoms with E-state index in [0.29, 0.717) is 30.2 Å². The van der Waals surface area contributed by atoms with Crippen molar-refractivity contribution in [3.05, 3.63) is 16.1 Å². The minimum absolute atomic E-state index is 0.204.